The lowest BCUT2D eigenvalue weighted by atomic mass is 9.94. The number of nitrogens with one attached hydrogen (secondary N) is 1. The second-order valence-electron chi connectivity index (χ2n) is 7.57. The maximum Gasteiger partial charge on any atom is 0.326 e. The van der Waals surface area contributed by atoms with Crippen molar-refractivity contribution < 1.29 is 18.8 Å². The Morgan fingerprint density at radius 3 is 2.53 bits per heavy atom. The van der Waals surface area contributed by atoms with E-state index in [1.807, 2.05) is 73.0 Å². The van der Waals surface area contributed by atoms with Crippen molar-refractivity contribution in [2.75, 3.05) is 19.1 Å². The lowest BCUT2D eigenvalue weighted by Crippen LogP contribution is -2.46. The van der Waals surface area contributed by atoms with E-state index in [9.17, 15) is 4.79 Å². The topological polar surface area (TPSA) is 89.7 Å². The number of anilines is 1. The summed E-state index contributed by atoms with van der Waals surface area (Å²) < 4.78 is 16.6. The SMILES string of the molecule is COc1ccc(C2NC(=O)N(c3ccccc3)C(C)=C2c2nc(-c3cccs3)no2)cc1OC. The highest BCUT2D eigenvalue weighted by Crippen LogP contribution is 2.41. The van der Waals surface area contributed by atoms with Gasteiger partial charge >= 0.3 is 6.03 Å². The zero-order valence-corrected chi connectivity index (χ0v) is 19.6. The summed E-state index contributed by atoms with van der Waals surface area (Å²) in [4.78, 5) is 20.5. The first-order valence-corrected chi connectivity index (χ1v) is 11.4. The van der Waals surface area contributed by atoms with Crippen LogP contribution in [0, 0.1) is 0 Å². The van der Waals surface area contributed by atoms with Gasteiger partial charge in [-0.3, -0.25) is 4.90 Å². The molecule has 1 aliphatic rings. The van der Waals surface area contributed by atoms with Gasteiger partial charge in [-0.05, 0) is 48.2 Å². The van der Waals surface area contributed by atoms with Crippen molar-refractivity contribution in [3.8, 4) is 22.2 Å². The third-order valence-electron chi connectivity index (χ3n) is 5.64. The van der Waals surface area contributed by atoms with Crippen LogP contribution in [0.5, 0.6) is 11.5 Å². The first kappa shape index (κ1) is 21.7. The standard InChI is InChI=1S/C25H22N4O4S/c1-15-21(24-27-23(28-33-24)20-10-7-13-34-20)22(16-11-12-18(31-2)19(14-16)32-3)26-25(30)29(15)17-8-5-4-6-9-17/h4-14,22H,1-3H3,(H,26,30). The third kappa shape index (κ3) is 3.80. The van der Waals surface area contributed by atoms with Crippen LogP contribution in [0.2, 0.25) is 0 Å². The molecule has 2 aromatic heterocycles. The zero-order valence-electron chi connectivity index (χ0n) is 18.8. The van der Waals surface area contributed by atoms with E-state index in [1.54, 1.807) is 19.1 Å². The van der Waals surface area contributed by atoms with Gasteiger partial charge in [-0.15, -0.1) is 11.3 Å². The molecule has 1 N–H and O–H groups in total. The van der Waals surface area contributed by atoms with Gasteiger partial charge in [0.1, 0.15) is 0 Å². The zero-order chi connectivity index (χ0) is 23.7. The number of ether oxygens (including phenoxy) is 2. The fourth-order valence-electron chi connectivity index (χ4n) is 4.03. The molecule has 3 heterocycles. The predicted octanol–water partition coefficient (Wildman–Crippen LogP) is 5.52. The molecule has 4 aromatic rings. The average Bonchev–Trinajstić information content (AvgIpc) is 3.56. The minimum absolute atomic E-state index is 0.259. The van der Waals surface area contributed by atoms with E-state index in [2.05, 4.69) is 15.5 Å². The molecule has 0 saturated heterocycles. The lowest BCUT2D eigenvalue weighted by Gasteiger charge is -2.35. The van der Waals surface area contributed by atoms with E-state index in [0.29, 0.717) is 34.5 Å². The van der Waals surface area contributed by atoms with Crippen molar-refractivity contribution in [3.05, 3.63) is 83.2 Å². The number of allylic oxidation sites excluding steroid dienone is 1. The highest BCUT2D eigenvalue weighted by Gasteiger charge is 2.37. The van der Waals surface area contributed by atoms with Crippen LogP contribution >= 0.6 is 11.3 Å². The summed E-state index contributed by atoms with van der Waals surface area (Å²) in [6, 6.07) is 18.0. The summed E-state index contributed by atoms with van der Waals surface area (Å²) >= 11 is 1.53. The summed E-state index contributed by atoms with van der Waals surface area (Å²) in [5, 5.41) is 9.25. The molecule has 8 nitrogen and oxygen atoms in total. The van der Waals surface area contributed by atoms with Gasteiger partial charge in [-0.25, -0.2) is 4.79 Å². The largest absolute Gasteiger partial charge is 0.493 e. The van der Waals surface area contributed by atoms with Crippen LogP contribution in [-0.4, -0.2) is 30.4 Å². The first-order chi connectivity index (χ1) is 16.6. The number of carbonyl (C=O) groups is 1. The van der Waals surface area contributed by atoms with Crippen LogP contribution in [0.15, 0.2) is 76.3 Å². The first-order valence-electron chi connectivity index (χ1n) is 10.6. The van der Waals surface area contributed by atoms with Crippen molar-refractivity contribution in [1.29, 1.82) is 0 Å². The van der Waals surface area contributed by atoms with Gasteiger partial charge in [-0.1, -0.05) is 35.5 Å². The Bertz CT molecular complexity index is 1350. The Morgan fingerprint density at radius 1 is 1.03 bits per heavy atom. The number of carbonyl (C=O) groups excluding carboxylic acids is 1. The number of hydrogen-bond acceptors (Lipinski definition) is 7. The minimum Gasteiger partial charge on any atom is -0.493 e. The highest BCUT2D eigenvalue weighted by atomic mass is 32.1. The van der Waals surface area contributed by atoms with Gasteiger partial charge < -0.3 is 19.3 Å². The Morgan fingerprint density at radius 2 is 1.82 bits per heavy atom. The van der Waals surface area contributed by atoms with Crippen molar-refractivity contribution in [3.63, 3.8) is 0 Å². The molecule has 2 amide bonds. The number of thiophene rings is 1. The number of benzene rings is 2. The fourth-order valence-corrected chi connectivity index (χ4v) is 4.68. The van der Waals surface area contributed by atoms with Crippen LogP contribution < -0.4 is 19.7 Å². The molecule has 0 radical (unpaired) electrons. The number of methoxy groups -OCH3 is 2. The second kappa shape index (κ2) is 9.03. The normalized spacial score (nSPS) is 15.9. The van der Waals surface area contributed by atoms with Crippen LogP contribution in [0.25, 0.3) is 16.3 Å². The van der Waals surface area contributed by atoms with Crippen LogP contribution in [-0.2, 0) is 0 Å². The van der Waals surface area contributed by atoms with Crippen LogP contribution in [0.1, 0.15) is 24.4 Å². The van der Waals surface area contributed by atoms with Crippen molar-refractivity contribution >= 4 is 28.6 Å². The maximum atomic E-state index is 13.3. The molecule has 0 saturated carbocycles. The number of nitrogens with zero attached hydrogens (tertiary/aromatic N) is 3. The quantitative estimate of drug-likeness (QED) is 0.396. The monoisotopic (exact) mass is 474 g/mol. The fraction of sp³-hybridized carbons (Fsp3) is 0.160. The summed E-state index contributed by atoms with van der Waals surface area (Å²) in [6.07, 6.45) is 0. The molecule has 1 unspecified atom stereocenters. The molecule has 0 fully saturated rings. The summed E-state index contributed by atoms with van der Waals surface area (Å²) in [5.41, 5.74) is 2.92. The van der Waals surface area contributed by atoms with Crippen LogP contribution in [0.3, 0.4) is 0 Å². The van der Waals surface area contributed by atoms with Gasteiger partial charge in [0.05, 0.1) is 36.4 Å². The van der Waals surface area contributed by atoms with Crippen molar-refractivity contribution in [2.45, 2.75) is 13.0 Å². The van der Waals surface area contributed by atoms with E-state index in [-0.39, 0.29) is 6.03 Å². The van der Waals surface area contributed by atoms with Gasteiger partial charge in [0, 0.05) is 5.70 Å². The molecule has 9 heteroatoms. The van der Waals surface area contributed by atoms with Crippen molar-refractivity contribution in [2.24, 2.45) is 0 Å². The van der Waals surface area contributed by atoms with E-state index in [0.717, 1.165) is 16.1 Å². The summed E-state index contributed by atoms with van der Waals surface area (Å²) in [6.45, 7) is 1.88. The summed E-state index contributed by atoms with van der Waals surface area (Å²) in [5.74, 6) is 1.99. The van der Waals surface area contributed by atoms with E-state index < -0.39 is 6.04 Å². The molecule has 172 valence electrons. The predicted molar refractivity (Wildman–Crippen MR) is 130 cm³/mol. The number of urea groups is 1. The Labute approximate surface area is 200 Å². The smallest absolute Gasteiger partial charge is 0.326 e. The molecule has 34 heavy (non-hydrogen) atoms. The molecular formula is C25H22N4O4S. The van der Waals surface area contributed by atoms with E-state index >= 15 is 0 Å². The molecular weight excluding hydrogens is 452 g/mol. The Hall–Kier alpha value is -4.11. The molecule has 0 aliphatic carbocycles. The molecule has 2 aromatic carbocycles. The number of aromatic nitrogens is 2. The molecule has 0 bridgehead atoms. The third-order valence-corrected chi connectivity index (χ3v) is 6.50. The Kier molecular flexibility index (Phi) is 5.77. The number of rotatable bonds is 6. The average molecular weight is 475 g/mol. The number of para-hydroxylation sites is 1. The van der Waals surface area contributed by atoms with Crippen LogP contribution in [0.4, 0.5) is 10.5 Å². The van der Waals surface area contributed by atoms with Gasteiger partial charge in [-0.2, -0.15) is 4.98 Å². The van der Waals surface area contributed by atoms with Gasteiger partial charge in [0.15, 0.2) is 11.5 Å². The van der Waals surface area contributed by atoms with E-state index in [4.69, 9.17) is 14.0 Å². The van der Waals surface area contributed by atoms with Crippen molar-refractivity contribution in [1.82, 2.24) is 15.5 Å². The minimum atomic E-state index is -0.538. The van der Waals surface area contributed by atoms with E-state index in [1.165, 1.54) is 11.3 Å². The lowest BCUT2D eigenvalue weighted by molar-refractivity contribution is 0.244. The molecule has 0 spiro atoms. The summed E-state index contributed by atoms with van der Waals surface area (Å²) in [7, 11) is 3.16. The Balaban J connectivity index is 1.67. The molecule has 1 atom stereocenters. The molecule has 1 aliphatic heterocycles. The number of amides is 2. The van der Waals surface area contributed by atoms with Gasteiger partial charge in [0.25, 0.3) is 5.89 Å². The highest BCUT2D eigenvalue weighted by molar-refractivity contribution is 7.13. The second-order valence-corrected chi connectivity index (χ2v) is 8.52. The maximum absolute atomic E-state index is 13.3. The number of hydrogen-bond donors (Lipinski definition) is 1. The molecule has 5 rings (SSSR count). The van der Waals surface area contributed by atoms with Gasteiger partial charge in [0.2, 0.25) is 5.82 Å².